The van der Waals surface area contributed by atoms with Crippen molar-refractivity contribution < 1.29 is 37.3 Å². The summed E-state index contributed by atoms with van der Waals surface area (Å²) in [6.45, 7) is 7.05. The second kappa shape index (κ2) is 68.8. The van der Waals surface area contributed by atoms with E-state index in [9.17, 15) is 19.0 Å². The molecule has 0 heterocycles. The summed E-state index contributed by atoms with van der Waals surface area (Å²) in [4.78, 5) is 38.0. The van der Waals surface area contributed by atoms with Gasteiger partial charge in [0, 0.05) is 12.8 Å². The summed E-state index contributed by atoms with van der Waals surface area (Å²) in [5.41, 5.74) is 0. The van der Waals surface area contributed by atoms with E-state index in [1.807, 2.05) is 27.2 Å². The summed E-state index contributed by atoms with van der Waals surface area (Å²) in [5, 5.41) is 3.09. The molecule has 0 aromatic heterocycles. The lowest BCUT2D eigenvalue weighted by Crippen LogP contribution is -2.47. The van der Waals surface area contributed by atoms with Gasteiger partial charge in [0.25, 0.3) is 0 Å². The Morgan fingerprint density at radius 1 is 0.393 bits per heavy atom. The molecule has 2 N–H and O–H groups in total. The van der Waals surface area contributed by atoms with Crippen molar-refractivity contribution >= 4 is 19.7 Å². The Kier molecular flexibility index (Phi) is 67.2. The first kappa shape index (κ1) is 87.0. The third-order valence-electron chi connectivity index (χ3n) is 17.7. The molecule has 0 aliphatic heterocycles. The molecule has 0 saturated heterocycles. The molecule has 0 aliphatic carbocycles. The third kappa shape index (κ3) is 70.1. The molecule has 0 rings (SSSR count). The van der Waals surface area contributed by atoms with Crippen molar-refractivity contribution in [2.45, 2.75) is 405 Å². The first-order chi connectivity index (χ1) is 43.4. The maximum absolute atomic E-state index is 13.7. The number of nitrogens with zero attached hydrogens (tertiary/aromatic N) is 1. The van der Waals surface area contributed by atoms with Crippen LogP contribution >= 0.6 is 7.82 Å². The quantitative estimate of drug-likeness (QED) is 0.0205. The van der Waals surface area contributed by atoms with Crippen LogP contribution in [0.2, 0.25) is 0 Å². The van der Waals surface area contributed by atoms with E-state index in [0.29, 0.717) is 23.9 Å². The van der Waals surface area contributed by atoms with Gasteiger partial charge in [-0.05, 0) is 89.5 Å². The summed E-state index contributed by atoms with van der Waals surface area (Å²) in [6.07, 6.45) is 88.5. The number of unbranched alkanes of at least 4 members (excludes halogenated alkanes) is 50. The Balaban J connectivity index is 4.96. The van der Waals surface area contributed by atoms with E-state index in [-0.39, 0.29) is 25.1 Å². The van der Waals surface area contributed by atoms with Crippen molar-refractivity contribution in [2.24, 2.45) is 0 Å². The van der Waals surface area contributed by atoms with Crippen molar-refractivity contribution in [2.75, 3.05) is 40.9 Å². The van der Waals surface area contributed by atoms with Gasteiger partial charge in [-0.3, -0.25) is 18.6 Å². The van der Waals surface area contributed by atoms with E-state index in [4.69, 9.17) is 13.8 Å². The lowest BCUT2D eigenvalue weighted by atomic mass is 10.0. The standard InChI is InChI=1S/C79H151N2O7P/c1-7-10-13-16-19-22-25-28-30-32-34-36-38-39-40-41-43-44-46-48-50-53-56-59-62-65-68-71-78(82)80-76(75-87-89(84,85)86-74-73-81(4,5)6)77(70-67-64-61-58-55-52-27-24-21-18-15-12-9-3)88-79(83)72-69-66-63-60-57-54-51-49-47-45-42-37-35-33-31-29-26-23-20-17-14-11-8-2/h20,23,28-31,67,70,76-77H,7-19,21-22,24-27,32-66,68-69,71-75H2,1-6H3,(H-,80,82,84,85)/p+1/b23-20-,30-28+,31-29-,70-67-. The normalized spacial score (nSPS) is 13.7. The summed E-state index contributed by atoms with van der Waals surface area (Å²) in [7, 11) is 1.51. The van der Waals surface area contributed by atoms with Crippen molar-refractivity contribution in [3.05, 3.63) is 48.6 Å². The van der Waals surface area contributed by atoms with Crippen LogP contribution in [-0.2, 0) is 27.9 Å². The number of hydrogen-bond acceptors (Lipinski definition) is 6. The fourth-order valence-corrected chi connectivity index (χ4v) is 12.5. The maximum Gasteiger partial charge on any atom is 0.472 e. The Morgan fingerprint density at radius 2 is 0.685 bits per heavy atom. The van der Waals surface area contributed by atoms with Crippen molar-refractivity contribution in [1.29, 1.82) is 0 Å². The molecular weight excluding hydrogens is 1120 g/mol. The molecule has 0 radical (unpaired) electrons. The molecule has 524 valence electrons. The van der Waals surface area contributed by atoms with Gasteiger partial charge in [-0.1, -0.05) is 339 Å². The number of hydrogen-bond donors (Lipinski definition) is 2. The highest BCUT2D eigenvalue weighted by Gasteiger charge is 2.30. The second-order valence-corrected chi connectivity index (χ2v) is 29.3. The van der Waals surface area contributed by atoms with Crippen LogP contribution in [0.3, 0.4) is 0 Å². The van der Waals surface area contributed by atoms with E-state index in [0.717, 1.165) is 64.2 Å². The zero-order chi connectivity index (χ0) is 64.9. The molecule has 10 heteroatoms. The number of likely N-dealkylation sites (N-methyl/N-ethyl adjacent to an activating group) is 1. The van der Waals surface area contributed by atoms with Crippen molar-refractivity contribution in [1.82, 2.24) is 5.32 Å². The molecule has 0 fully saturated rings. The first-order valence-corrected chi connectivity index (χ1v) is 40.5. The fraction of sp³-hybridized carbons (Fsp3) is 0.873. The van der Waals surface area contributed by atoms with Gasteiger partial charge in [-0.2, -0.15) is 0 Å². The predicted molar refractivity (Wildman–Crippen MR) is 388 cm³/mol. The molecule has 0 bridgehead atoms. The van der Waals surface area contributed by atoms with E-state index >= 15 is 0 Å². The van der Waals surface area contributed by atoms with Gasteiger partial charge in [0.1, 0.15) is 19.3 Å². The van der Waals surface area contributed by atoms with Crippen LogP contribution in [0, 0.1) is 0 Å². The number of quaternary nitrogens is 1. The van der Waals surface area contributed by atoms with E-state index in [1.54, 1.807) is 0 Å². The number of carbonyl (C=O) groups excluding carboxylic acids is 2. The summed E-state index contributed by atoms with van der Waals surface area (Å²) < 4.78 is 30.9. The average Bonchev–Trinajstić information content (AvgIpc) is 3.57. The zero-order valence-corrected chi connectivity index (χ0v) is 61.1. The van der Waals surface area contributed by atoms with Crippen LogP contribution in [0.25, 0.3) is 0 Å². The van der Waals surface area contributed by atoms with Crippen LogP contribution in [0.4, 0.5) is 0 Å². The largest absolute Gasteiger partial charge is 0.472 e. The molecular formula is C79H152N2O7P+. The number of ether oxygens (including phenoxy) is 1. The second-order valence-electron chi connectivity index (χ2n) is 27.9. The minimum absolute atomic E-state index is 0.0424. The highest BCUT2D eigenvalue weighted by molar-refractivity contribution is 7.47. The lowest BCUT2D eigenvalue weighted by Gasteiger charge is -2.27. The molecule has 0 saturated carbocycles. The number of nitrogens with one attached hydrogen (secondary N) is 1. The van der Waals surface area contributed by atoms with Gasteiger partial charge < -0.3 is 19.4 Å². The number of amides is 1. The van der Waals surface area contributed by atoms with Gasteiger partial charge >= 0.3 is 13.8 Å². The minimum atomic E-state index is -4.46. The van der Waals surface area contributed by atoms with Crippen LogP contribution in [0.1, 0.15) is 393 Å². The van der Waals surface area contributed by atoms with Gasteiger partial charge in [0.15, 0.2) is 0 Å². The van der Waals surface area contributed by atoms with Gasteiger partial charge in [0.2, 0.25) is 5.91 Å². The smallest absolute Gasteiger partial charge is 0.456 e. The molecule has 3 atom stereocenters. The zero-order valence-electron chi connectivity index (χ0n) is 60.2. The summed E-state index contributed by atoms with van der Waals surface area (Å²) >= 11 is 0. The molecule has 1 amide bonds. The molecule has 89 heavy (non-hydrogen) atoms. The molecule has 0 aromatic rings. The predicted octanol–water partition coefficient (Wildman–Crippen LogP) is 25.1. The lowest BCUT2D eigenvalue weighted by molar-refractivity contribution is -0.870. The number of phosphoric acid groups is 1. The topological polar surface area (TPSA) is 111 Å². The summed E-state index contributed by atoms with van der Waals surface area (Å²) in [5.74, 6) is -0.484. The fourth-order valence-electron chi connectivity index (χ4n) is 11.7. The van der Waals surface area contributed by atoms with Crippen LogP contribution in [0.5, 0.6) is 0 Å². The summed E-state index contributed by atoms with van der Waals surface area (Å²) in [6, 6.07) is -0.848. The molecule has 0 aromatic carbocycles. The SMILES string of the molecule is CCCCC/C=C\C/C=C\CCCCCCCCCCCCCCCC(=O)OC(/C=C\CCCCCCCCCCCCC)C(COP(=O)(O)OCC[N+](C)(C)C)NC(=O)CCCCCCCCCCCCCCCCCCC/C=C/CCCCCCCC. The Morgan fingerprint density at radius 3 is 1.04 bits per heavy atom. The van der Waals surface area contributed by atoms with Crippen molar-refractivity contribution in [3.63, 3.8) is 0 Å². The first-order valence-electron chi connectivity index (χ1n) is 39.0. The van der Waals surface area contributed by atoms with E-state index < -0.39 is 20.0 Å². The number of rotatable bonds is 72. The third-order valence-corrected chi connectivity index (χ3v) is 18.7. The molecule has 0 aliphatic rings. The van der Waals surface area contributed by atoms with Crippen LogP contribution in [0.15, 0.2) is 48.6 Å². The van der Waals surface area contributed by atoms with Crippen LogP contribution in [-0.4, -0.2) is 74.3 Å². The Labute approximate surface area is 554 Å². The average molecular weight is 1270 g/mol. The van der Waals surface area contributed by atoms with Crippen LogP contribution < -0.4 is 5.32 Å². The molecule has 0 spiro atoms. The number of allylic oxidation sites excluding steroid dienone is 7. The van der Waals surface area contributed by atoms with Gasteiger partial charge in [-0.15, -0.1) is 0 Å². The highest BCUT2D eigenvalue weighted by Crippen LogP contribution is 2.43. The maximum atomic E-state index is 13.7. The Bertz CT molecular complexity index is 1660. The number of carbonyl (C=O) groups is 2. The number of phosphoric ester groups is 1. The van der Waals surface area contributed by atoms with Gasteiger partial charge in [-0.25, -0.2) is 4.57 Å². The van der Waals surface area contributed by atoms with E-state index in [1.165, 1.54) is 295 Å². The Hall–Kier alpha value is -2.03. The van der Waals surface area contributed by atoms with E-state index in [2.05, 4.69) is 68.6 Å². The monoisotopic (exact) mass is 1270 g/mol. The van der Waals surface area contributed by atoms with Crippen molar-refractivity contribution in [3.8, 4) is 0 Å². The molecule has 9 nitrogen and oxygen atoms in total. The van der Waals surface area contributed by atoms with Gasteiger partial charge in [0.05, 0.1) is 33.8 Å². The molecule has 3 unspecified atom stereocenters. The minimum Gasteiger partial charge on any atom is -0.456 e. The highest BCUT2D eigenvalue weighted by atomic mass is 31.2. The number of esters is 1.